The average Bonchev–Trinajstić information content (AvgIpc) is 2.72. The smallest absolute Gasteiger partial charge is 0.334 e. The van der Waals surface area contributed by atoms with E-state index in [1.165, 1.54) is 0 Å². The molecule has 0 amide bonds. The van der Waals surface area contributed by atoms with Gasteiger partial charge in [0.2, 0.25) is 6.54 Å². The summed E-state index contributed by atoms with van der Waals surface area (Å²) in [6, 6.07) is 20.5. The molecule has 0 saturated heterocycles. The van der Waals surface area contributed by atoms with Gasteiger partial charge in [-0.25, -0.2) is 0 Å². The number of thioether (sulfide) groups is 1. The van der Waals surface area contributed by atoms with Crippen molar-refractivity contribution in [3.05, 3.63) is 81.9 Å². The Morgan fingerprint density at radius 2 is 1.45 bits per heavy atom. The third-order valence-corrected chi connectivity index (χ3v) is 9.50. The number of hydrogen-bond acceptors (Lipinski definition) is 5. The second-order valence-corrected chi connectivity index (χ2v) is 11.7. The van der Waals surface area contributed by atoms with E-state index >= 15 is 0 Å². The molecular weight excluding hydrogens is 402 g/mol. The Bertz CT molecular complexity index is 699. The lowest BCUT2D eigenvalue weighted by molar-refractivity contribution is -0.484. The van der Waals surface area contributed by atoms with Crippen LogP contribution in [0.4, 0.5) is 0 Å². The summed E-state index contributed by atoms with van der Waals surface area (Å²) in [6.45, 7) is 7.23. The van der Waals surface area contributed by atoms with Crippen molar-refractivity contribution >= 4 is 20.3 Å². The molecule has 158 valence electrons. The van der Waals surface area contributed by atoms with Crippen LogP contribution in [-0.2, 0) is 13.6 Å². The molecule has 2 aromatic carbocycles. The van der Waals surface area contributed by atoms with E-state index in [4.69, 9.17) is 8.85 Å². The van der Waals surface area contributed by atoms with Gasteiger partial charge in [0.25, 0.3) is 0 Å². The summed E-state index contributed by atoms with van der Waals surface area (Å²) in [5.74, 6) is 0.792. The van der Waals surface area contributed by atoms with Crippen molar-refractivity contribution in [3.63, 3.8) is 0 Å². The molecule has 0 atom stereocenters. The van der Waals surface area contributed by atoms with Crippen LogP contribution in [0.5, 0.6) is 0 Å². The molecule has 2 aromatic rings. The number of nitro groups is 1. The molecule has 2 rings (SSSR count). The van der Waals surface area contributed by atoms with Gasteiger partial charge in [-0.15, -0.1) is 11.8 Å². The summed E-state index contributed by atoms with van der Waals surface area (Å²) in [5, 5.41) is 11.7. The maximum absolute atomic E-state index is 11.7. The van der Waals surface area contributed by atoms with Crippen LogP contribution >= 0.6 is 11.8 Å². The fourth-order valence-corrected chi connectivity index (χ4v) is 7.70. The molecular formula is C22H31NO4SSi. The minimum absolute atomic E-state index is 0.155. The lowest BCUT2D eigenvalue weighted by Crippen LogP contribution is -2.39. The van der Waals surface area contributed by atoms with Gasteiger partial charge >= 0.3 is 8.56 Å². The Morgan fingerprint density at radius 3 is 1.86 bits per heavy atom. The van der Waals surface area contributed by atoms with Gasteiger partial charge < -0.3 is 8.85 Å². The zero-order chi connectivity index (χ0) is 21.2. The molecule has 0 aliphatic heterocycles. The summed E-state index contributed by atoms with van der Waals surface area (Å²) < 4.78 is 11.1. The third-order valence-electron chi connectivity index (χ3n) is 4.85. The first-order valence-corrected chi connectivity index (χ1v) is 13.6. The summed E-state index contributed by atoms with van der Waals surface area (Å²) in [5.41, 5.74) is 1.92. The van der Waals surface area contributed by atoms with E-state index < -0.39 is 13.3 Å². The second kappa shape index (κ2) is 11.5. The van der Waals surface area contributed by atoms with Crippen molar-refractivity contribution in [2.24, 2.45) is 0 Å². The van der Waals surface area contributed by atoms with Gasteiger partial charge in [-0.1, -0.05) is 60.7 Å². The van der Waals surface area contributed by atoms with Gasteiger partial charge in [-0.3, -0.25) is 10.1 Å². The summed E-state index contributed by atoms with van der Waals surface area (Å²) in [7, 11) is -2.18. The number of rotatable bonds is 13. The molecule has 0 fully saturated rings. The van der Waals surface area contributed by atoms with Crippen LogP contribution in [0.25, 0.3) is 0 Å². The lowest BCUT2D eigenvalue weighted by atomic mass is 9.90. The van der Waals surface area contributed by atoms with E-state index in [2.05, 4.69) is 6.55 Å². The number of benzene rings is 2. The van der Waals surface area contributed by atoms with Crippen molar-refractivity contribution in [1.82, 2.24) is 0 Å². The zero-order valence-corrected chi connectivity index (χ0v) is 19.3. The van der Waals surface area contributed by atoms with E-state index in [-0.39, 0.29) is 11.5 Å². The highest BCUT2D eigenvalue weighted by atomic mass is 32.2. The minimum atomic E-state index is -2.18. The minimum Gasteiger partial charge on any atom is -0.395 e. The highest BCUT2D eigenvalue weighted by Crippen LogP contribution is 2.43. The van der Waals surface area contributed by atoms with Gasteiger partial charge in [0.15, 0.2) is 0 Å². The highest BCUT2D eigenvalue weighted by Gasteiger charge is 2.40. The molecule has 29 heavy (non-hydrogen) atoms. The summed E-state index contributed by atoms with van der Waals surface area (Å²) in [4.78, 5) is 11.5. The van der Waals surface area contributed by atoms with Crippen LogP contribution in [0.1, 0.15) is 31.4 Å². The van der Waals surface area contributed by atoms with E-state index in [0.29, 0.717) is 13.2 Å². The predicted molar refractivity (Wildman–Crippen MR) is 122 cm³/mol. The van der Waals surface area contributed by atoms with Crippen molar-refractivity contribution in [3.8, 4) is 0 Å². The SMILES string of the molecule is CCO[Si](C)(CCCSC(C[N+](=O)[O-])(c1ccccc1)c1ccccc1)OCC. The fourth-order valence-electron chi connectivity index (χ4n) is 3.59. The van der Waals surface area contributed by atoms with Crippen LogP contribution in [0.2, 0.25) is 12.6 Å². The Morgan fingerprint density at radius 1 is 0.966 bits per heavy atom. The zero-order valence-electron chi connectivity index (χ0n) is 17.5. The van der Waals surface area contributed by atoms with Crippen LogP contribution in [0.15, 0.2) is 60.7 Å². The third kappa shape index (κ3) is 6.67. The van der Waals surface area contributed by atoms with Crippen molar-refractivity contribution in [1.29, 1.82) is 0 Å². The number of hydrogen-bond donors (Lipinski definition) is 0. The highest BCUT2D eigenvalue weighted by molar-refractivity contribution is 8.00. The summed E-state index contributed by atoms with van der Waals surface area (Å²) in [6.07, 6.45) is 0.895. The Kier molecular flexibility index (Phi) is 9.36. The molecule has 0 unspecified atom stereocenters. The first kappa shape index (κ1) is 23.6. The quantitative estimate of drug-likeness (QED) is 0.181. The van der Waals surface area contributed by atoms with Crippen LogP contribution in [-0.4, -0.2) is 39.0 Å². The molecule has 0 bridgehead atoms. The molecule has 0 aliphatic carbocycles. The van der Waals surface area contributed by atoms with Gasteiger partial charge in [-0.2, -0.15) is 0 Å². The average molecular weight is 434 g/mol. The Balaban J connectivity index is 2.25. The van der Waals surface area contributed by atoms with E-state index in [1.807, 2.05) is 74.5 Å². The molecule has 7 heteroatoms. The normalized spacial score (nSPS) is 12.1. The largest absolute Gasteiger partial charge is 0.395 e. The molecule has 0 N–H and O–H groups in total. The molecule has 0 aliphatic rings. The van der Waals surface area contributed by atoms with Crippen molar-refractivity contribution < 1.29 is 13.8 Å². The fraction of sp³-hybridized carbons (Fsp3) is 0.455. The van der Waals surface area contributed by atoms with Crippen LogP contribution in [0, 0.1) is 10.1 Å². The molecule has 5 nitrogen and oxygen atoms in total. The molecule has 0 spiro atoms. The first-order chi connectivity index (χ1) is 14.0. The van der Waals surface area contributed by atoms with Gasteiger partial charge in [0, 0.05) is 18.1 Å². The molecule has 0 aromatic heterocycles. The molecule has 0 heterocycles. The predicted octanol–water partition coefficient (Wildman–Crippen LogP) is 5.48. The molecule has 0 saturated carbocycles. The Hall–Kier alpha value is -1.67. The van der Waals surface area contributed by atoms with Gasteiger partial charge in [0.05, 0.1) is 0 Å². The maximum Gasteiger partial charge on any atom is 0.334 e. The number of nitrogens with zero attached hydrogens (tertiary/aromatic N) is 1. The monoisotopic (exact) mass is 433 g/mol. The van der Waals surface area contributed by atoms with Crippen molar-refractivity contribution in [2.75, 3.05) is 25.5 Å². The van der Waals surface area contributed by atoms with E-state index in [0.717, 1.165) is 29.3 Å². The van der Waals surface area contributed by atoms with Crippen molar-refractivity contribution in [2.45, 2.75) is 37.6 Å². The second-order valence-electron chi connectivity index (χ2n) is 7.00. The van der Waals surface area contributed by atoms with Gasteiger partial charge in [-0.05, 0) is 49.7 Å². The van der Waals surface area contributed by atoms with Crippen LogP contribution < -0.4 is 0 Å². The Labute approximate surface area is 179 Å². The topological polar surface area (TPSA) is 61.6 Å². The standard InChI is InChI=1S/C22H31NO4SSi/c1-4-26-29(3,27-5-2)18-12-17-28-22(19-23(24)25,20-13-8-6-9-14-20)21-15-10-7-11-16-21/h6-11,13-16H,4-5,12,17-19H2,1-3H3. The van der Waals surface area contributed by atoms with Gasteiger partial charge in [0.1, 0.15) is 4.75 Å². The van der Waals surface area contributed by atoms with E-state index in [9.17, 15) is 10.1 Å². The first-order valence-electron chi connectivity index (χ1n) is 10.1. The summed E-state index contributed by atoms with van der Waals surface area (Å²) >= 11 is 1.65. The lowest BCUT2D eigenvalue weighted by Gasteiger charge is -2.31. The maximum atomic E-state index is 11.7. The molecule has 0 radical (unpaired) electrons. The van der Waals surface area contributed by atoms with Crippen LogP contribution in [0.3, 0.4) is 0 Å². The van der Waals surface area contributed by atoms with E-state index in [1.54, 1.807) is 11.8 Å².